The first-order valence-corrected chi connectivity index (χ1v) is 8.30. The van der Waals surface area contributed by atoms with Crippen LogP contribution in [0.5, 0.6) is 0 Å². The van der Waals surface area contributed by atoms with Gasteiger partial charge in [0.15, 0.2) is 4.73 Å². The molecule has 0 unspecified atom stereocenters. The Morgan fingerprint density at radius 3 is 2.86 bits per heavy atom. The molecular weight excluding hydrogens is 400 g/mol. The van der Waals surface area contributed by atoms with E-state index in [4.69, 9.17) is 0 Å². The van der Waals surface area contributed by atoms with Crippen molar-refractivity contribution >= 4 is 43.5 Å². The van der Waals surface area contributed by atoms with Crippen LogP contribution in [0.2, 0.25) is 0 Å². The molecule has 1 aromatic heterocycles. The standard InChI is InChI=1S/C14H14Br2N4O/c1-9-6-7-10-4-2-3-5-11(10)20(9)12(21)8-19-14(16)17-13(15)18-19/h2-5,9H,6-8H2,1H3/t9-/m1/s1. The van der Waals surface area contributed by atoms with Gasteiger partial charge in [0, 0.05) is 11.7 Å². The second-order valence-corrected chi connectivity index (χ2v) is 6.51. The summed E-state index contributed by atoms with van der Waals surface area (Å²) >= 11 is 6.51. The lowest BCUT2D eigenvalue weighted by Gasteiger charge is -2.35. The van der Waals surface area contributed by atoms with Crippen LogP contribution in [-0.2, 0) is 17.8 Å². The van der Waals surface area contributed by atoms with E-state index in [1.165, 1.54) is 5.56 Å². The van der Waals surface area contributed by atoms with Crippen molar-refractivity contribution in [3.05, 3.63) is 39.3 Å². The van der Waals surface area contributed by atoms with Gasteiger partial charge in [0.1, 0.15) is 6.54 Å². The molecule has 0 saturated carbocycles. The summed E-state index contributed by atoms with van der Waals surface area (Å²) in [6.45, 7) is 2.25. The summed E-state index contributed by atoms with van der Waals surface area (Å²) in [5, 5.41) is 4.15. The Balaban J connectivity index is 1.89. The number of carbonyl (C=O) groups excluding carboxylic acids is 1. The molecule has 1 aromatic carbocycles. The lowest BCUT2D eigenvalue weighted by molar-refractivity contribution is -0.119. The molecular formula is C14H14Br2N4O. The van der Waals surface area contributed by atoms with Gasteiger partial charge in [-0.25, -0.2) is 4.68 Å². The molecule has 0 N–H and O–H groups in total. The minimum Gasteiger partial charge on any atom is -0.308 e. The summed E-state index contributed by atoms with van der Waals surface area (Å²) in [5.74, 6) is 0.0211. The highest BCUT2D eigenvalue weighted by Gasteiger charge is 2.28. The predicted octanol–water partition coefficient (Wildman–Crippen LogP) is 3.17. The Bertz CT molecular complexity index is 685. The smallest absolute Gasteiger partial charge is 0.249 e. The van der Waals surface area contributed by atoms with E-state index in [0.29, 0.717) is 9.47 Å². The van der Waals surface area contributed by atoms with Gasteiger partial charge in [0.25, 0.3) is 0 Å². The number of amides is 1. The fourth-order valence-electron chi connectivity index (χ4n) is 2.67. The van der Waals surface area contributed by atoms with Crippen molar-refractivity contribution in [2.75, 3.05) is 4.90 Å². The number of rotatable bonds is 2. The number of benzene rings is 1. The third-order valence-corrected chi connectivity index (χ3v) is 4.60. The number of aromatic nitrogens is 3. The maximum Gasteiger partial charge on any atom is 0.249 e. The summed E-state index contributed by atoms with van der Waals surface area (Å²) < 4.78 is 2.56. The van der Waals surface area contributed by atoms with Crippen LogP contribution in [0.4, 0.5) is 5.69 Å². The van der Waals surface area contributed by atoms with Crippen molar-refractivity contribution in [2.45, 2.75) is 32.4 Å². The first kappa shape index (κ1) is 14.7. The van der Waals surface area contributed by atoms with Crippen LogP contribution < -0.4 is 4.90 Å². The molecule has 2 heterocycles. The number of nitrogens with zero attached hydrogens (tertiary/aromatic N) is 4. The highest BCUT2D eigenvalue weighted by molar-refractivity contribution is 9.11. The Kier molecular flexibility index (Phi) is 4.12. The van der Waals surface area contributed by atoms with Crippen LogP contribution in [0.1, 0.15) is 18.9 Å². The van der Waals surface area contributed by atoms with Crippen molar-refractivity contribution in [2.24, 2.45) is 0 Å². The normalized spacial score (nSPS) is 17.7. The van der Waals surface area contributed by atoms with Crippen LogP contribution >= 0.6 is 31.9 Å². The molecule has 3 rings (SSSR count). The zero-order valence-corrected chi connectivity index (χ0v) is 14.6. The Hall–Kier alpha value is -1.21. The quantitative estimate of drug-likeness (QED) is 0.759. The first-order chi connectivity index (χ1) is 10.1. The number of halogens is 2. The van der Waals surface area contributed by atoms with Crippen molar-refractivity contribution < 1.29 is 4.79 Å². The van der Waals surface area contributed by atoms with Gasteiger partial charge in [-0.15, -0.1) is 5.10 Å². The lowest BCUT2D eigenvalue weighted by Crippen LogP contribution is -2.43. The van der Waals surface area contributed by atoms with E-state index in [-0.39, 0.29) is 18.5 Å². The molecule has 2 aromatic rings. The molecule has 7 heteroatoms. The molecule has 0 fully saturated rings. The van der Waals surface area contributed by atoms with Gasteiger partial charge >= 0.3 is 0 Å². The number of hydrogen-bond donors (Lipinski definition) is 0. The van der Waals surface area contributed by atoms with Crippen molar-refractivity contribution in [3.63, 3.8) is 0 Å². The molecule has 0 spiro atoms. The monoisotopic (exact) mass is 412 g/mol. The minimum absolute atomic E-state index is 0.0211. The summed E-state index contributed by atoms with van der Waals surface area (Å²) in [6.07, 6.45) is 1.99. The molecule has 1 aliphatic rings. The van der Waals surface area contributed by atoms with Crippen LogP contribution in [0, 0.1) is 0 Å². The lowest BCUT2D eigenvalue weighted by atomic mass is 9.96. The molecule has 0 bridgehead atoms. The Morgan fingerprint density at radius 1 is 1.38 bits per heavy atom. The second kappa shape index (κ2) is 5.88. The van der Waals surface area contributed by atoms with Crippen LogP contribution in [-0.4, -0.2) is 26.7 Å². The van der Waals surface area contributed by atoms with Crippen LogP contribution in [0.3, 0.4) is 0 Å². The number of anilines is 1. The first-order valence-electron chi connectivity index (χ1n) is 6.72. The molecule has 5 nitrogen and oxygen atoms in total. The largest absolute Gasteiger partial charge is 0.308 e. The van der Waals surface area contributed by atoms with Crippen molar-refractivity contribution in [1.82, 2.24) is 14.8 Å². The third kappa shape index (κ3) is 2.89. The predicted molar refractivity (Wildman–Crippen MR) is 87.1 cm³/mol. The summed E-state index contributed by atoms with van der Waals surface area (Å²) in [4.78, 5) is 18.7. The number of hydrogen-bond acceptors (Lipinski definition) is 3. The zero-order chi connectivity index (χ0) is 15.0. The van der Waals surface area contributed by atoms with E-state index in [9.17, 15) is 4.79 Å². The molecule has 0 aliphatic carbocycles. The summed E-state index contributed by atoms with van der Waals surface area (Å²) in [6, 6.07) is 8.28. The number of para-hydroxylation sites is 1. The van der Waals surface area contributed by atoms with Crippen molar-refractivity contribution in [1.29, 1.82) is 0 Å². The van der Waals surface area contributed by atoms with Crippen LogP contribution in [0.15, 0.2) is 33.7 Å². The van der Waals surface area contributed by atoms with E-state index in [0.717, 1.165) is 18.5 Å². The van der Waals surface area contributed by atoms with Gasteiger partial charge in [0.2, 0.25) is 10.6 Å². The van der Waals surface area contributed by atoms with E-state index in [2.05, 4.69) is 54.9 Å². The van der Waals surface area contributed by atoms with E-state index < -0.39 is 0 Å². The molecule has 1 aliphatic heterocycles. The van der Waals surface area contributed by atoms with Crippen molar-refractivity contribution in [3.8, 4) is 0 Å². The fourth-order valence-corrected chi connectivity index (χ4v) is 3.64. The zero-order valence-electron chi connectivity index (χ0n) is 11.5. The summed E-state index contributed by atoms with van der Waals surface area (Å²) in [5.41, 5.74) is 2.24. The molecule has 0 radical (unpaired) electrons. The topological polar surface area (TPSA) is 51.0 Å². The van der Waals surface area contributed by atoms with Gasteiger partial charge in [0.05, 0.1) is 0 Å². The van der Waals surface area contributed by atoms with Gasteiger partial charge in [-0.1, -0.05) is 18.2 Å². The van der Waals surface area contributed by atoms with Gasteiger partial charge in [-0.3, -0.25) is 4.79 Å². The Labute approximate surface area is 139 Å². The Morgan fingerprint density at radius 2 is 2.14 bits per heavy atom. The third-order valence-electron chi connectivity index (χ3n) is 3.68. The molecule has 1 amide bonds. The van der Waals surface area contributed by atoms with Crippen LogP contribution in [0.25, 0.3) is 0 Å². The molecule has 1 atom stereocenters. The number of carbonyl (C=O) groups is 1. The minimum atomic E-state index is 0.0211. The maximum absolute atomic E-state index is 12.7. The van der Waals surface area contributed by atoms with Gasteiger partial charge in [-0.2, -0.15) is 4.98 Å². The highest BCUT2D eigenvalue weighted by atomic mass is 79.9. The SMILES string of the molecule is C[C@@H]1CCc2ccccc2N1C(=O)Cn1nc(Br)nc1Br. The molecule has 0 saturated heterocycles. The average molecular weight is 414 g/mol. The van der Waals surface area contributed by atoms with E-state index >= 15 is 0 Å². The van der Waals surface area contributed by atoms with E-state index in [1.807, 2.05) is 23.1 Å². The van der Waals surface area contributed by atoms with Gasteiger partial charge in [-0.05, 0) is 63.3 Å². The maximum atomic E-state index is 12.7. The van der Waals surface area contributed by atoms with Gasteiger partial charge < -0.3 is 4.90 Å². The fraction of sp³-hybridized carbons (Fsp3) is 0.357. The number of fused-ring (bicyclic) bond motifs is 1. The van der Waals surface area contributed by atoms with E-state index in [1.54, 1.807) is 4.68 Å². The second-order valence-electron chi connectivity index (χ2n) is 5.09. The highest BCUT2D eigenvalue weighted by Crippen LogP contribution is 2.30. The molecule has 110 valence electrons. The summed E-state index contributed by atoms with van der Waals surface area (Å²) in [7, 11) is 0. The average Bonchev–Trinajstić information content (AvgIpc) is 2.76. The number of aryl methyl sites for hydroxylation is 1. The molecule has 21 heavy (non-hydrogen) atoms.